The van der Waals surface area contributed by atoms with Crippen molar-refractivity contribution >= 4 is 23.4 Å². The first kappa shape index (κ1) is 17.5. The van der Waals surface area contributed by atoms with Crippen LogP contribution in [0.15, 0.2) is 29.2 Å². The molecule has 0 radical (unpaired) electrons. The summed E-state index contributed by atoms with van der Waals surface area (Å²) in [5.74, 6) is 0.956. The molecule has 1 aromatic carbocycles. The van der Waals surface area contributed by atoms with Gasteiger partial charge in [0, 0.05) is 23.1 Å². The molecule has 0 heterocycles. The number of nitrogens with one attached hydrogen (secondary N) is 1. The Labute approximate surface area is 129 Å². The molecule has 1 rings (SSSR count). The summed E-state index contributed by atoms with van der Waals surface area (Å²) in [6.07, 6.45) is 2.07. The maximum atomic E-state index is 11.8. The van der Waals surface area contributed by atoms with Crippen molar-refractivity contribution in [2.45, 2.75) is 44.6 Å². The molecule has 0 bridgehead atoms. The molecule has 5 nitrogen and oxygen atoms in total. The maximum Gasteiger partial charge on any atom is 0.269 e. The largest absolute Gasteiger partial charge is 0.353 e. The molecule has 1 unspecified atom stereocenters. The standard InChI is InChI=1S/C15H22N2O3S/c1-11(2)4-5-12(3)16-15(18)10-21-14-8-6-13(7-9-14)17(19)20/h6-9,11-12H,4-5,10H2,1-3H3,(H,16,18). The first-order valence-corrected chi connectivity index (χ1v) is 8.03. The smallest absolute Gasteiger partial charge is 0.269 e. The molecular weight excluding hydrogens is 288 g/mol. The van der Waals surface area contributed by atoms with Gasteiger partial charge in [-0.3, -0.25) is 14.9 Å². The fraction of sp³-hybridized carbons (Fsp3) is 0.533. The number of nitro groups is 1. The van der Waals surface area contributed by atoms with Gasteiger partial charge in [-0.1, -0.05) is 13.8 Å². The fourth-order valence-electron chi connectivity index (χ4n) is 1.78. The van der Waals surface area contributed by atoms with Gasteiger partial charge in [-0.2, -0.15) is 0 Å². The van der Waals surface area contributed by atoms with E-state index in [1.807, 2.05) is 6.92 Å². The molecule has 0 saturated carbocycles. The van der Waals surface area contributed by atoms with Crippen LogP contribution in [-0.4, -0.2) is 22.6 Å². The summed E-state index contributed by atoms with van der Waals surface area (Å²) in [5, 5.41) is 13.5. The van der Waals surface area contributed by atoms with E-state index in [-0.39, 0.29) is 17.6 Å². The van der Waals surface area contributed by atoms with Gasteiger partial charge < -0.3 is 5.32 Å². The van der Waals surface area contributed by atoms with Crippen molar-refractivity contribution in [2.75, 3.05) is 5.75 Å². The first-order chi connectivity index (χ1) is 9.88. The minimum absolute atomic E-state index is 0.00499. The minimum atomic E-state index is -0.433. The molecular formula is C15H22N2O3S. The Morgan fingerprint density at radius 1 is 1.24 bits per heavy atom. The van der Waals surface area contributed by atoms with Crippen LogP contribution in [0, 0.1) is 16.0 Å². The van der Waals surface area contributed by atoms with Crippen molar-refractivity contribution in [1.82, 2.24) is 5.32 Å². The van der Waals surface area contributed by atoms with E-state index in [9.17, 15) is 14.9 Å². The highest BCUT2D eigenvalue weighted by molar-refractivity contribution is 8.00. The number of thioether (sulfide) groups is 1. The number of nitrogens with zero attached hydrogens (tertiary/aromatic N) is 1. The Bertz CT molecular complexity index is 474. The summed E-state index contributed by atoms with van der Waals surface area (Å²) >= 11 is 1.38. The van der Waals surface area contributed by atoms with Crippen molar-refractivity contribution in [2.24, 2.45) is 5.92 Å². The number of hydrogen-bond acceptors (Lipinski definition) is 4. The van der Waals surface area contributed by atoms with Crippen molar-refractivity contribution in [3.05, 3.63) is 34.4 Å². The number of carbonyl (C=O) groups excluding carboxylic acids is 1. The van der Waals surface area contributed by atoms with E-state index in [0.29, 0.717) is 11.7 Å². The summed E-state index contributed by atoms with van der Waals surface area (Å²) in [4.78, 5) is 22.8. The quantitative estimate of drug-likeness (QED) is 0.452. The highest BCUT2D eigenvalue weighted by atomic mass is 32.2. The van der Waals surface area contributed by atoms with Gasteiger partial charge in [-0.25, -0.2) is 0 Å². The second-order valence-corrected chi connectivity index (χ2v) is 6.53. The molecule has 0 aliphatic rings. The van der Waals surface area contributed by atoms with Gasteiger partial charge in [0.25, 0.3) is 5.69 Å². The Morgan fingerprint density at radius 3 is 2.38 bits per heavy atom. The van der Waals surface area contributed by atoms with Crippen molar-refractivity contribution in [1.29, 1.82) is 0 Å². The molecule has 21 heavy (non-hydrogen) atoms. The molecule has 0 fully saturated rings. The third-order valence-electron chi connectivity index (χ3n) is 3.00. The van der Waals surface area contributed by atoms with Crippen LogP contribution in [0.25, 0.3) is 0 Å². The topological polar surface area (TPSA) is 72.2 Å². The molecule has 0 spiro atoms. The second-order valence-electron chi connectivity index (χ2n) is 5.48. The van der Waals surface area contributed by atoms with Crippen molar-refractivity contribution in [3.8, 4) is 0 Å². The van der Waals surface area contributed by atoms with E-state index >= 15 is 0 Å². The Morgan fingerprint density at radius 2 is 1.86 bits per heavy atom. The first-order valence-electron chi connectivity index (χ1n) is 7.05. The zero-order valence-corrected chi connectivity index (χ0v) is 13.5. The van der Waals surface area contributed by atoms with Gasteiger partial charge in [0.2, 0.25) is 5.91 Å². The summed E-state index contributed by atoms with van der Waals surface area (Å²) < 4.78 is 0. The third kappa shape index (κ3) is 7.13. The Hall–Kier alpha value is -1.56. The van der Waals surface area contributed by atoms with Crippen LogP contribution in [0.1, 0.15) is 33.6 Å². The van der Waals surface area contributed by atoms with E-state index in [2.05, 4.69) is 19.2 Å². The summed E-state index contributed by atoms with van der Waals surface area (Å²) in [5.41, 5.74) is 0.0612. The molecule has 1 aromatic rings. The van der Waals surface area contributed by atoms with E-state index < -0.39 is 4.92 Å². The maximum absolute atomic E-state index is 11.8. The van der Waals surface area contributed by atoms with Crippen molar-refractivity contribution < 1.29 is 9.72 Å². The van der Waals surface area contributed by atoms with Gasteiger partial charge in [0.05, 0.1) is 10.7 Å². The molecule has 0 aromatic heterocycles. The number of carbonyl (C=O) groups is 1. The van der Waals surface area contributed by atoms with Crippen LogP contribution in [0.4, 0.5) is 5.69 Å². The molecule has 1 atom stereocenters. The van der Waals surface area contributed by atoms with E-state index in [4.69, 9.17) is 0 Å². The van der Waals surface area contributed by atoms with Gasteiger partial charge in [-0.05, 0) is 37.8 Å². The van der Waals surface area contributed by atoms with E-state index in [1.165, 1.54) is 23.9 Å². The summed E-state index contributed by atoms with van der Waals surface area (Å²) in [7, 11) is 0. The van der Waals surface area contributed by atoms with Crippen molar-refractivity contribution in [3.63, 3.8) is 0 Å². The predicted molar refractivity (Wildman–Crippen MR) is 85.5 cm³/mol. The lowest BCUT2D eigenvalue weighted by atomic mass is 10.0. The lowest BCUT2D eigenvalue weighted by molar-refractivity contribution is -0.384. The van der Waals surface area contributed by atoms with Crippen LogP contribution in [0.5, 0.6) is 0 Å². The summed E-state index contributed by atoms with van der Waals surface area (Å²) in [6, 6.07) is 6.41. The van der Waals surface area contributed by atoms with Gasteiger partial charge in [0.15, 0.2) is 0 Å². The van der Waals surface area contributed by atoms with Gasteiger partial charge in [0.1, 0.15) is 0 Å². The van der Waals surface area contributed by atoms with E-state index in [0.717, 1.165) is 17.7 Å². The van der Waals surface area contributed by atoms with E-state index in [1.54, 1.807) is 12.1 Å². The molecule has 1 N–H and O–H groups in total. The molecule has 0 aliphatic carbocycles. The van der Waals surface area contributed by atoms with Gasteiger partial charge >= 0.3 is 0 Å². The third-order valence-corrected chi connectivity index (χ3v) is 4.01. The molecule has 0 aliphatic heterocycles. The number of rotatable bonds is 8. The zero-order valence-electron chi connectivity index (χ0n) is 12.7. The number of non-ortho nitro benzene ring substituents is 1. The summed E-state index contributed by atoms with van der Waals surface area (Å²) in [6.45, 7) is 6.34. The van der Waals surface area contributed by atoms with Crippen LogP contribution >= 0.6 is 11.8 Å². The van der Waals surface area contributed by atoms with Gasteiger partial charge in [-0.15, -0.1) is 11.8 Å². The highest BCUT2D eigenvalue weighted by Gasteiger charge is 2.09. The second kappa shape index (κ2) is 8.67. The zero-order chi connectivity index (χ0) is 15.8. The van der Waals surface area contributed by atoms with Crippen LogP contribution in [-0.2, 0) is 4.79 Å². The number of amides is 1. The Balaban J connectivity index is 2.34. The SMILES string of the molecule is CC(C)CCC(C)NC(=O)CSc1ccc([N+](=O)[O-])cc1. The highest BCUT2D eigenvalue weighted by Crippen LogP contribution is 2.21. The van der Waals surface area contributed by atoms with Crippen LogP contribution < -0.4 is 5.32 Å². The lowest BCUT2D eigenvalue weighted by Gasteiger charge is -2.14. The van der Waals surface area contributed by atoms with Crippen LogP contribution in [0.2, 0.25) is 0 Å². The molecule has 0 saturated heterocycles. The minimum Gasteiger partial charge on any atom is -0.353 e. The molecule has 6 heteroatoms. The predicted octanol–water partition coefficient (Wildman–Crippen LogP) is 3.63. The fourth-order valence-corrected chi connectivity index (χ4v) is 2.49. The number of nitro benzene ring substituents is 1. The normalized spacial score (nSPS) is 12.2. The molecule has 116 valence electrons. The van der Waals surface area contributed by atoms with Crippen LogP contribution in [0.3, 0.4) is 0 Å². The average Bonchev–Trinajstić information content (AvgIpc) is 2.43. The number of hydrogen-bond donors (Lipinski definition) is 1. The number of benzene rings is 1. The lowest BCUT2D eigenvalue weighted by Crippen LogP contribution is -2.33. The Kier molecular flexibility index (Phi) is 7.22. The average molecular weight is 310 g/mol. The molecule has 1 amide bonds. The monoisotopic (exact) mass is 310 g/mol.